The van der Waals surface area contributed by atoms with Gasteiger partial charge in [0.1, 0.15) is 12.2 Å². The van der Waals surface area contributed by atoms with Gasteiger partial charge in [0, 0.05) is 12.6 Å². The predicted molar refractivity (Wildman–Crippen MR) is 72.3 cm³/mol. The van der Waals surface area contributed by atoms with Crippen LogP contribution in [0.15, 0.2) is 18.2 Å². The van der Waals surface area contributed by atoms with Gasteiger partial charge in [-0.3, -0.25) is 10.1 Å². The lowest BCUT2D eigenvalue weighted by molar-refractivity contribution is -0.384. The number of alkyl halides is 3. The summed E-state index contributed by atoms with van der Waals surface area (Å²) >= 11 is 0. The van der Waals surface area contributed by atoms with Crippen LogP contribution in [0.1, 0.15) is 31.9 Å². The van der Waals surface area contributed by atoms with Crippen molar-refractivity contribution in [2.24, 2.45) is 0 Å². The average Bonchev–Trinajstić information content (AvgIpc) is 2.35. The zero-order valence-electron chi connectivity index (χ0n) is 11.7. The molecule has 0 bridgehead atoms. The van der Waals surface area contributed by atoms with E-state index in [-0.39, 0.29) is 17.8 Å². The van der Waals surface area contributed by atoms with Crippen molar-refractivity contribution in [1.82, 2.24) is 0 Å². The number of anilines is 1. The molecule has 0 radical (unpaired) electrons. The number of hydrogen-bond donors (Lipinski definition) is 1. The molecule has 0 amide bonds. The van der Waals surface area contributed by atoms with Crippen LogP contribution in [-0.2, 0) is 0 Å². The maximum absolute atomic E-state index is 12.6. The Morgan fingerprint density at radius 3 is 2.48 bits per heavy atom. The molecule has 0 saturated carbocycles. The van der Waals surface area contributed by atoms with Crippen LogP contribution in [0.3, 0.4) is 0 Å². The fourth-order valence-electron chi connectivity index (χ4n) is 1.98. The highest BCUT2D eigenvalue weighted by Gasteiger charge is 2.33. The molecule has 0 aliphatic heterocycles. The first kappa shape index (κ1) is 17.2. The first-order valence-corrected chi connectivity index (χ1v) is 6.43. The maximum Gasteiger partial charge on any atom is 0.405 e. The second-order valence-corrected chi connectivity index (χ2v) is 4.72. The average molecular weight is 306 g/mol. The summed E-state index contributed by atoms with van der Waals surface area (Å²) in [6, 6.07) is 3.76. The highest BCUT2D eigenvalue weighted by molar-refractivity contribution is 5.64. The van der Waals surface area contributed by atoms with Gasteiger partial charge in [-0.2, -0.15) is 13.2 Å². The van der Waals surface area contributed by atoms with Gasteiger partial charge >= 0.3 is 6.18 Å². The van der Waals surface area contributed by atoms with Gasteiger partial charge in [-0.1, -0.05) is 13.0 Å². The maximum atomic E-state index is 12.6. The van der Waals surface area contributed by atoms with Crippen LogP contribution < -0.4 is 4.90 Å². The fourth-order valence-corrected chi connectivity index (χ4v) is 1.98. The summed E-state index contributed by atoms with van der Waals surface area (Å²) in [5.74, 6) is 0. The monoisotopic (exact) mass is 306 g/mol. The van der Waals surface area contributed by atoms with Crippen molar-refractivity contribution in [2.45, 2.75) is 32.5 Å². The molecule has 1 rings (SSSR count). The second kappa shape index (κ2) is 6.75. The fraction of sp³-hybridized carbons (Fsp3) is 0.538. The van der Waals surface area contributed by atoms with Crippen LogP contribution in [0, 0.1) is 10.1 Å². The molecule has 0 unspecified atom stereocenters. The van der Waals surface area contributed by atoms with E-state index in [4.69, 9.17) is 0 Å². The van der Waals surface area contributed by atoms with Gasteiger partial charge < -0.3 is 10.0 Å². The van der Waals surface area contributed by atoms with Crippen molar-refractivity contribution in [3.63, 3.8) is 0 Å². The lowest BCUT2D eigenvalue weighted by Gasteiger charge is -2.25. The molecule has 0 aromatic heterocycles. The van der Waals surface area contributed by atoms with Crippen LogP contribution in [0.2, 0.25) is 0 Å². The highest BCUT2D eigenvalue weighted by atomic mass is 19.4. The molecule has 5 nitrogen and oxygen atoms in total. The predicted octanol–water partition coefficient (Wildman–Crippen LogP) is 3.43. The Bertz CT molecular complexity index is 504. The van der Waals surface area contributed by atoms with Crippen molar-refractivity contribution in [3.05, 3.63) is 33.9 Å². The highest BCUT2D eigenvalue weighted by Crippen LogP contribution is 2.33. The lowest BCUT2D eigenvalue weighted by Crippen LogP contribution is -2.35. The van der Waals surface area contributed by atoms with Gasteiger partial charge in [0.05, 0.1) is 11.0 Å². The molecule has 118 valence electrons. The third-order valence-corrected chi connectivity index (χ3v) is 2.88. The van der Waals surface area contributed by atoms with Crippen molar-refractivity contribution in [3.8, 4) is 0 Å². The summed E-state index contributed by atoms with van der Waals surface area (Å²) in [5.41, 5.74) is -0.247. The van der Waals surface area contributed by atoms with Gasteiger partial charge in [0.25, 0.3) is 5.69 Å². The van der Waals surface area contributed by atoms with Crippen LogP contribution in [-0.4, -0.2) is 29.3 Å². The molecule has 1 N–H and O–H groups in total. The van der Waals surface area contributed by atoms with Crippen molar-refractivity contribution < 1.29 is 23.2 Å². The molecule has 8 heteroatoms. The Balaban J connectivity index is 3.26. The molecule has 0 saturated heterocycles. The van der Waals surface area contributed by atoms with Gasteiger partial charge in [-0.15, -0.1) is 0 Å². The summed E-state index contributed by atoms with van der Waals surface area (Å²) in [6.45, 7) is 1.92. The number of rotatable bonds is 6. The number of hydrogen-bond acceptors (Lipinski definition) is 4. The van der Waals surface area contributed by atoms with Crippen LogP contribution in [0.4, 0.5) is 24.5 Å². The molecule has 1 aromatic rings. The Kier molecular flexibility index (Phi) is 5.54. The topological polar surface area (TPSA) is 66.6 Å². The summed E-state index contributed by atoms with van der Waals surface area (Å²) in [6.07, 6.45) is -4.96. The molecule has 0 heterocycles. The molecule has 0 spiro atoms. The standard InChI is InChI=1S/C13H17F3N2O3/c1-3-6-17(8-13(14,15)16)11-5-4-10(9(2)19)7-12(11)18(20)21/h4-5,7,9,19H,3,6,8H2,1-2H3/t9-/m1/s1. The molecule has 21 heavy (non-hydrogen) atoms. The zero-order chi connectivity index (χ0) is 16.2. The molecular weight excluding hydrogens is 289 g/mol. The van der Waals surface area contributed by atoms with Gasteiger partial charge in [0.15, 0.2) is 0 Å². The summed E-state index contributed by atoms with van der Waals surface area (Å²) in [7, 11) is 0. The smallest absolute Gasteiger partial charge is 0.389 e. The van der Waals surface area contributed by atoms with E-state index in [0.717, 1.165) is 11.0 Å². The third kappa shape index (κ3) is 4.89. The van der Waals surface area contributed by atoms with E-state index in [0.29, 0.717) is 6.42 Å². The van der Waals surface area contributed by atoms with E-state index >= 15 is 0 Å². The SMILES string of the molecule is CCCN(CC(F)(F)F)c1ccc([C@@H](C)O)cc1[N+](=O)[O-]. The number of benzene rings is 1. The van der Waals surface area contributed by atoms with Crippen LogP contribution in [0.25, 0.3) is 0 Å². The number of nitro benzene ring substituents is 1. The van der Waals surface area contributed by atoms with E-state index in [1.807, 2.05) is 0 Å². The molecule has 0 aliphatic rings. The first-order valence-electron chi connectivity index (χ1n) is 6.43. The Morgan fingerprint density at radius 1 is 1.43 bits per heavy atom. The number of nitro groups is 1. The minimum atomic E-state index is -4.45. The van der Waals surface area contributed by atoms with Gasteiger partial charge in [-0.25, -0.2) is 0 Å². The number of aliphatic hydroxyl groups excluding tert-OH is 1. The van der Waals surface area contributed by atoms with Crippen LogP contribution >= 0.6 is 0 Å². The minimum Gasteiger partial charge on any atom is -0.389 e. The quantitative estimate of drug-likeness (QED) is 0.646. The van der Waals surface area contributed by atoms with E-state index in [1.54, 1.807) is 6.92 Å². The third-order valence-electron chi connectivity index (χ3n) is 2.88. The number of aliphatic hydroxyl groups is 1. The normalized spacial score (nSPS) is 13.0. The second-order valence-electron chi connectivity index (χ2n) is 4.72. The van der Waals surface area contributed by atoms with Crippen LogP contribution in [0.5, 0.6) is 0 Å². The number of nitrogens with zero attached hydrogens (tertiary/aromatic N) is 2. The van der Waals surface area contributed by atoms with Crippen molar-refractivity contribution >= 4 is 11.4 Å². The van der Waals surface area contributed by atoms with E-state index in [9.17, 15) is 28.4 Å². The number of halogens is 3. The van der Waals surface area contributed by atoms with E-state index in [1.165, 1.54) is 19.1 Å². The zero-order valence-corrected chi connectivity index (χ0v) is 11.7. The summed E-state index contributed by atoms with van der Waals surface area (Å²) in [4.78, 5) is 11.3. The van der Waals surface area contributed by atoms with E-state index < -0.39 is 29.4 Å². The van der Waals surface area contributed by atoms with E-state index in [2.05, 4.69) is 0 Å². The van der Waals surface area contributed by atoms with Crippen molar-refractivity contribution in [2.75, 3.05) is 18.0 Å². The Labute approximate surface area is 120 Å². The van der Waals surface area contributed by atoms with Gasteiger partial charge in [-0.05, 0) is 25.0 Å². The molecule has 1 aromatic carbocycles. The Morgan fingerprint density at radius 2 is 2.05 bits per heavy atom. The first-order chi connectivity index (χ1) is 9.65. The molecule has 0 fully saturated rings. The lowest BCUT2D eigenvalue weighted by atomic mass is 10.1. The Hall–Kier alpha value is -1.83. The largest absolute Gasteiger partial charge is 0.405 e. The minimum absolute atomic E-state index is 0.0500. The summed E-state index contributed by atoms with van der Waals surface area (Å²) in [5, 5.41) is 20.5. The molecular formula is C13H17F3N2O3. The van der Waals surface area contributed by atoms with Crippen molar-refractivity contribution in [1.29, 1.82) is 0 Å². The van der Waals surface area contributed by atoms with Gasteiger partial charge in [0.2, 0.25) is 0 Å². The summed E-state index contributed by atoms with van der Waals surface area (Å²) < 4.78 is 37.8. The molecule has 1 atom stereocenters. The molecule has 0 aliphatic carbocycles.